The second-order valence-corrected chi connectivity index (χ2v) is 10.3. The molecule has 2 aromatic rings. The van der Waals surface area contributed by atoms with Gasteiger partial charge in [-0.05, 0) is 32.4 Å². The maximum absolute atomic E-state index is 13.6. The number of dihydropyridines is 1. The fraction of sp³-hybridized carbons (Fsp3) is 0.462. The Morgan fingerprint density at radius 1 is 1.28 bits per heavy atom. The van der Waals surface area contributed by atoms with E-state index in [1.54, 1.807) is 35.6 Å². The van der Waals surface area contributed by atoms with Crippen LogP contribution in [0.3, 0.4) is 0 Å². The summed E-state index contributed by atoms with van der Waals surface area (Å²) in [5.41, 5.74) is 0.890. The number of carbonyl (C=O) groups is 2. The molecular formula is C26H32N8O5. The van der Waals surface area contributed by atoms with Gasteiger partial charge in [0.2, 0.25) is 5.91 Å². The number of nitrogens with zero attached hydrogens (tertiary/aromatic N) is 4. The molecule has 2 aromatic heterocycles. The molecule has 0 radical (unpaired) electrons. The summed E-state index contributed by atoms with van der Waals surface area (Å²) in [5, 5.41) is 9.05. The first-order valence-corrected chi connectivity index (χ1v) is 13.1. The molecule has 13 heteroatoms. The number of nitrogens with one attached hydrogen (secondary N) is 4. The standard InChI is InChI=1S/C26H32N8O5/c1-26(2)38-15-18(39-26)14-37-17-5-7-27-21(11-17)32-25(36)34-16-6-10-33(13-16)20-4-3-19(31-23(20)34)24(35)30-12-22-28-8-9-29-22/h3-5,7-9,11,16,18-19,31H,6,10,12-15H2,1-2H3,(H,28,29)(H,30,35)(H,27,32,36)/t16-,18-,19?/m0/s1. The fourth-order valence-corrected chi connectivity index (χ4v) is 5.21. The summed E-state index contributed by atoms with van der Waals surface area (Å²) in [6.45, 7) is 6.35. The Balaban J connectivity index is 1.11. The van der Waals surface area contributed by atoms with Crippen molar-refractivity contribution in [2.24, 2.45) is 0 Å². The lowest BCUT2D eigenvalue weighted by atomic mass is 10.1. The molecule has 2 bridgehead atoms. The molecule has 3 atom stereocenters. The molecule has 0 aromatic carbocycles. The highest BCUT2D eigenvalue weighted by atomic mass is 16.7. The number of H-pyrrole nitrogens is 1. The van der Waals surface area contributed by atoms with Crippen LogP contribution in [0, 0.1) is 0 Å². The van der Waals surface area contributed by atoms with Crippen molar-refractivity contribution in [3.8, 4) is 5.75 Å². The summed E-state index contributed by atoms with van der Waals surface area (Å²) < 4.78 is 17.2. The number of imidazole rings is 1. The van der Waals surface area contributed by atoms with Gasteiger partial charge in [-0.15, -0.1) is 0 Å². The Labute approximate surface area is 225 Å². The zero-order valence-electron chi connectivity index (χ0n) is 21.8. The van der Waals surface area contributed by atoms with E-state index in [-0.39, 0.29) is 30.6 Å². The number of hydrogen-bond donors (Lipinski definition) is 4. The molecular weight excluding hydrogens is 504 g/mol. The average Bonchev–Trinajstić information content (AvgIpc) is 3.67. The van der Waals surface area contributed by atoms with Crippen molar-refractivity contribution in [1.29, 1.82) is 0 Å². The van der Waals surface area contributed by atoms with Gasteiger partial charge in [-0.2, -0.15) is 0 Å². The maximum atomic E-state index is 13.6. The molecule has 0 saturated carbocycles. The number of anilines is 1. The number of rotatable bonds is 7. The van der Waals surface area contributed by atoms with Gasteiger partial charge >= 0.3 is 6.03 Å². The average molecular weight is 537 g/mol. The molecule has 6 heterocycles. The molecule has 0 spiro atoms. The number of pyridine rings is 1. The number of allylic oxidation sites excluding steroid dienone is 1. The van der Waals surface area contributed by atoms with Crippen LogP contribution in [0.1, 0.15) is 26.1 Å². The molecule has 4 aliphatic heterocycles. The summed E-state index contributed by atoms with van der Waals surface area (Å²) in [6.07, 6.45) is 9.29. The van der Waals surface area contributed by atoms with E-state index >= 15 is 0 Å². The van der Waals surface area contributed by atoms with Crippen LogP contribution in [0.2, 0.25) is 0 Å². The van der Waals surface area contributed by atoms with Crippen LogP contribution in [0.4, 0.5) is 10.6 Å². The Morgan fingerprint density at radius 3 is 2.97 bits per heavy atom. The van der Waals surface area contributed by atoms with Gasteiger partial charge in [-0.25, -0.2) is 14.8 Å². The van der Waals surface area contributed by atoms with Crippen molar-refractivity contribution < 1.29 is 23.8 Å². The normalized spacial score (nSPS) is 24.8. The van der Waals surface area contributed by atoms with Crippen LogP contribution in [0.25, 0.3) is 0 Å². The molecule has 39 heavy (non-hydrogen) atoms. The summed E-state index contributed by atoms with van der Waals surface area (Å²) in [7, 11) is 0. The van der Waals surface area contributed by atoms with Gasteiger partial charge in [0.25, 0.3) is 0 Å². The van der Waals surface area contributed by atoms with E-state index in [9.17, 15) is 9.59 Å². The molecule has 4 N–H and O–H groups in total. The number of aromatic amines is 1. The van der Waals surface area contributed by atoms with E-state index in [2.05, 4.69) is 35.8 Å². The number of hydrogen-bond acceptors (Lipinski definition) is 9. The largest absolute Gasteiger partial charge is 0.491 e. The molecule has 13 nitrogen and oxygen atoms in total. The Hall–Kier alpha value is -4.10. The molecule has 1 unspecified atom stereocenters. The first-order chi connectivity index (χ1) is 18.8. The maximum Gasteiger partial charge on any atom is 0.328 e. The molecule has 2 saturated heterocycles. The minimum atomic E-state index is -0.630. The van der Waals surface area contributed by atoms with Crippen LogP contribution in [-0.2, 0) is 20.8 Å². The van der Waals surface area contributed by atoms with Crippen LogP contribution in [0.15, 0.2) is 54.4 Å². The Bertz CT molecular complexity index is 1290. The van der Waals surface area contributed by atoms with Crippen molar-refractivity contribution in [3.63, 3.8) is 0 Å². The summed E-state index contributed by atoms with van der Waals surface area (Å²) in [6, 6.07) is 2.42. The van der Waals surface area contributed by atoms with Gasteiger partial charge in [0.15, 0.2) is 5.79 Å². The van der Waals surface area contributed by atoms with E-state index in [4.69, 9.17) is 14.2 Å². The topological polar surface area (TPSA) is 146 Å². The van der Waals surface area contributed by atoms with Gasteiger partial charge in [0.05, 0.1) is 24.9 Å². The predicted molar refractivity (Wildman–Crippen MR) is 139 cm³/mol. The van der Waals surface area contributed by atoms with E-state index in [0.29, 0.717) is 36.4 Å². The zero-order chi connectivity index (χ0) is 27.0. The van der Waals surface area contributed by atoms with Crippen molar-refractivity contribution >= 4 is 17.8 Å². The van der Waals surface area contributed by atoms with E-state index in [1.165, 1.54) is 0 Å². The number of ether oxygens (including phenoxy) is 3. The Kier molecular flexibility index (Phi) is 6.61. The molecule has 0 aliphatic carbocycles. The van der Waals surface area contributed by atoms with Crippen molar-refractivity contribution in [2.75, 3.05) is 31.6 Å². The number of urea groups is 1. The lowest BCUT2D eigenvalue weighted by Crippen LogP contribution is -2.55. The first-order valence-electron chi connectivity index (χ1n) is 13.1. The minimum absolute atomic E-state index is 0.0307. The SMILES string of the molecule is CC1(C)OC[C@H](COc2ccnc(NC(=O)N3C4=C(C=CC(C(=O)NCc5ncc[nH]5)N4)N4CC[C@H]3C4)c2)O1. The van der Waals surface area contributed by atoms with Crippen molar-refractivity contribution in [3.05, 3.63) is 60.2 Å². The number of aromatic nitrogens is 3. The Morgan fingerprint density at radius 2 is 2.18 bits per heavy atom. The number of carbonyl (C=O) groups excluding carboxylic acids is 2. The molecule has 4 aliphatic rings. The van der Waals surface area contributed by atoms with Crippen molar-refractivity contribution in [2.45, 2.75) is 50.8 Å². The fourth-order valence-electron chi connectivity index (χ4n) is 5.21. The molecule has 6 rings (SSSR count). The highest BCUT2D eigenvalue weighted by Gasteiger charge is 2.42. The van der Waals surface area contributed by atoms with Crippen LogP contribution in [-0.4, -0.2) is 87.0 Å². The third-order valence-electron chi connectivity index (χ3n) is 7.05. The summed E-state index contributed by atoms with van der Waals surface area (Å²) in [4.78, 5) is 41.8. The van der Waals surface area contributed by atoms with Gasteiger partial charge in [0.1, 0.15) is 42.0 Å². The van der Waals surface area contributed by atoms with Gasteiger partial charge < -0.3 is 34.7 Å². The van der Waals surface area contributed by atoms with E-state index in [1.807, 2.05) is 26.0 Å². The van der Waals surface area contributed by atoms with Crippen LogP contribution in [0.5, 0.6) is 5.75 Å². The predicted octanol–water partition coefficient (Wildman–Crippen LogP) is 1.27. The second kappa shape index (κ2) is 10.2. The van der Waals surface area contributed by atoms with Crippen molar-refractivity contribution in [1.82, 2.24) is 35.4 Å². The first kappa shape index (κ1) is 25.2. The quantitative estimate of drug-likeness (QED) is 0.411. The van der Waals surface area contributed by atoms with E-state index in [0.717, 1.165) is 25.2 Å². The smallest absolute Gasteiger partial charge is 0.328 e. The molecule has 3 amide bonds. The summed E-state index contributed by atoms with van der Waals surface area (Å²) >= 11 is 0. The third kappa shape index (κ3) is 5.40. The highest BCUT2D eigenvalue weighted by Crippen LogP contribution is 2.33. The van der Waals surface area contributed by atoms with Gasteiger partial charge in [-0.3, -0.25) is 15.0 Å². The number of fused-ring (bicyclic) bond motifs is 3. The van der Waals surface area contributed by atoms with Gasteiger partial charge in [-0.1, -0.05) is 6.08 Å². The van der Waals surface area contributed by atoms with Crippen LogP contribution < -0.4 is 20.7 Å². The highest BCUT2D eigenvalue weighted by molar-refractivity contribution is 5.91. The lowest BCUT2D eigenvalue weighted by molar-refractivity contribution is -0.141. The minimum Gasteiger partial charge on any atom is -0.491 e. The summed E-state index contributed by atoms with van der Waals surface area (Å²) in [5.74, 6) is 1.36. The zero-order valence-corrected chi connectivity index (χ0v) is 21.8. The second-order valence-electron chi connectivity index (χ2n) is 10.3. The number of amides is 3. The van der Waals surface area contributed by atoms with Gasteiger partial charge in [0, 0.05) is 37.7 Å². The van der Waals surface area contributed by atoms with E-state index < -0.39 is 11.8 Å². The molecule has 206 valence electrons. The molecule has 2 fully saturated rings. The monoisotopic (exact) mass is 536 g/mol. The van der Waals surface area contributed by atoms with Crippen LogP contribution >= 0.6 is 0 Å². The third-order valence-corrected chi connectivity index (χ3v) is 7.05. The lowest BCUT2D eigenvalue weighted by Gasteiger charge is -2.40.